The number of likely N-dealkylation sites (N-methyl/N-ethyl adjacent to an activating group) is 1. The first kappa shape index (κ1) is 14.2. The number of ether oxygens (including phenoxy) is 1. The lowest BCUT2D eigenvalue weighted by molar-refractivity contribution is 0.0915. The summed E-state index contributed by atoms with van der Waals surface area (Å²) in [6, 6.07) is 8.01. The van der Waals surface area contributed by atoms with E-state index in [4.69, 9.17) is 4.74 Å². The fourth-order valence-electron chi connectivity index (χ4n) is 2.35. The fraction of sp³-hybridized carbons (Fsp3) is 0.600. The van der Waals surface area contributed by atoms with Crippen molar-refractivity contribution in [2.75, 3.05) is 39.3 Å². The standard InChI is InChI=1S/C15H24N2O2/c1-16-15(10-18,12-7-8-12)11-19-14-6-4-5-13(9-14)17(2)3/h4-6,9,12,16,18H,7-8,10-11H2,1-3H3. The fourth-order valence-corrected chi connectivity index (χ4v) is 2.35. The van der Waals surface area contributed by atoms with E-state index in [-0.39, 0.29) is 12.1 Å². The van der Waals surface area contributed by atoms with Crippen molar-refractivity contribution in [2.24, 2.45) is 5.92 Å². The molecule has 1 aliphatic rings. The van der Waals surface area contributed by atoms with Crippen LogP contribution >= 0.6 is 0 Å². The molecule has 19 heavy (non-hydrogen) atoms. The second-order valence-corrected chi connectivity index (χ2v) is 5.52. The molecule has 0 spiro atoms. The Morgan fingerprint density at radius 2 is 2.16 bits per heavy atom. The average Bonchev–Trinajstić information content (AvgIpc) is 3.26. The molecule has 0 radical (unpaired) electrons. The number of benzene rings is 1. The summed E-state index contributed by atoms with van der Waals surface area (Å²) in [5.74, 6) is 1.37. The van der Waals surface area contributed by atoms with Crippen LogP contribution in [0.25, 0.3) is 0 Å². The number of hydrogen-bond donors (Lipinski definition) is 2. The normalized spacial score (nSPS) is 17.9. The third-order valence-corrected chi connectivity index (χ3v) is 3.97. The Morgan fingerprint density at radius 1 is 1.42 bits per heavy atom. The van der Waals surface area contributed by atoms with E-state index in [9.17, 15) is 5.11 Å². The van der Waals surface area contributed by atoms with Crippen LogP contribution in [0, 0.1) is 5.92 Å². The van der Waals surface area contributed by atoms with Crippen LogP contribution in [0.2, 0.25) is 0 Å². The van der Waals surface area contributed by atoms with E-state index in [0.29, 0.717) is 12.5 Å². The van der Waals surface area contributed by atoms with Crippen molar-refractivity contribution in [1.82, 2.24) is 5.32 Å². The van der Waals surface area contributed by atoms with Gasteiger partial charge < -0.3 is 20.1 Å². The van der Waals surface area contributed by atoms with Gasteiger partial charge in [0.2, 0.25) is 0 Å². The maximum absolute atomic E-state index is 9.66. The number of rotatable bonds is 7. The topological polar surface area (TPSA) is 44.7 Å². The zero-order valence-corrected chi connectivity index (χ0v) is 12.0. The first-order chi connectivity index (χ1) is 9.11. The Morgan fingerprint density at radius 3 is 2.68 bits per heavy atom. The highest BCUT2D eigenvalue weighted by Gasteiger charge is 2.44. The van der Waals surface area contributed by atoms with Gasteiger partial charge in [-0.3, -0.25) is 0 Å². The van der Waals surface area contributed by atoms with Crippen LogP contribution in [0.3, 0.4) is 0 Å². The van der Waals surface area contributed by atoms with Gasteiger partial charge in [-0.2, -0.15) is 0 Å². The van der Waals surface area contributed by atoms with Crippen molar-refractivity contribution < 1.29 is 9.84 Å². The number of nitrogens with one attached hydrogen (secondary N) is 1. The lowest BCUT2D eigenvalue weighted by Crippen LogP contribution is -2.53. The van der Waals surface area contributed by atoms with Gasteiger partial charge in [0.15, 0.2) is 0 Å². The molecule has 0 aliphatic heterocycles. The van der Waals surface area contributed by atoms with Gasteiger partial charge in [0.05, 0.1) is 12.1 Å². The predicted octanol–water partition coefficient (Wildman–Crippen LogP) is 1.49. The summed E-state index contributed by atoms with van der Waals surface area (Å²) in [6.07, 6.45) is 2.34. The molecule has 1 fully saturated rings. The third-order valence-electron chi connectivity index (χ3n) is 3.97. The SMILES string of the molecule is CNC(CO)(COc1cccc(N(C)C)c1)C1CC1. The number of aliphatic hydroxyl groups is 1. The quantitative estimate of drug-likeness (QED) is 0.783. The molecule has 0 aromatic heterocycles. The summed E-state index contributed by atoms with van der Waals surface area (Å²) in [5, 5.41) is 12.9. The molecule has 106 valence electrons. The molecule has 1 aromatic carbocycles. The van der Waals surface area contributed by atoms with Crippen LogP contribution in [-0.2, 0) is 0 Å². The minimum atomic E-state index is -0.297. The zero-order valence-electron chi connectivity index (χ0n) is 12.0. The van der Waals surface area contributed by atoms with Crippen LogP contribution < -0.4 is 15.0 Å². The van der Waals surface area contributed by atoms with E-state index < -0.39 is 0 Å². The van der Waals surface area contributed by atoms with Crippen LogP contribution in [0.4, 0.5) is 5.69 Å². The van der Waals surface area contributed by atoms with Gasteiger partial charge in [-0.05, 0) is 37.9 Å². The summed E-state index contributed by atoms with van der Waals surface area (Å²) in [5.41, 5.74) is 0.816. The Bertz CT molecular complexity index is 412. The molecular formula is C15H24N2O2. The molecule has 1 saturated carbocycles. The summed E-state index contributed by atoms with van der Waals surface area (Å²) in [6.45, 7) is 0.614. The predicted molar refractivity (Wildman–Crippen MR) is 77.9 cm³/mol. The van der Waals surface area contributed by atoms with Crippen molar-refractivity contribution >= 4 is 5.69 Å². The van der Waals surface area contributed by atoms with E-state index in [0.717, 1.165) is 11.4 Å². The second kappa shape index (κ2) is 5.80. The molecule has 2 N–H and O–H groups in total. The van der Waals surface area contributed by atoms with E-state index in [1.54, 1.807) is 0 Å². The Kier molecular flexibility index (Phi) is 4.32. The number of hydrogen-bond acceptors (Lipinski definition) is 4. The van der Waals surface area contributed by atoms with Gasteiger partial charge in [0.1, 0.15) is 12.4 Å². The summed E-state index contributed by atoms with van der Waals surface area (Å²) >= 11 is 0. The smallest absolute Gasteiger partial charge is 0.121 e. The largest absolute Gasteiger partial charge is 0.491 e. The molecule has 0 heterocycles. The lowest BCUT2D eigenvalue weighted by Gasteiger charge is -2.31. The van der Waals surface area contributed by atoms with Crippen LogP contribution in [0.1, 0.15) is 12.8 Å². The number of aliphatic hydroxyl groups excluding tert-OH is 1. The van der Waals surface area contributed by atoms with E-state index in [1.165, 1.54) is 12.8 Å². The molecule has 1 atom stereocenters. The molecule has 1 aromatic rings. The minimum Gasteiger partial charge on any atom is -0.491 e. The molecular weight excluding hydrogens is 240 g/mol. The van der Waals surface area contributed by atoms with Gasteiger partial charge in [0.25, 0.3) is 0 Å². The molecule has 1 unspecified atom stereocenters. The van der Waals surface area contributed by atoms with E-state index in [2.05, 4.69) is 5.32 Å². The average molecular weight is 264 g/mol. The summed E-state index contributed by atoms with van der Waals surface area (Å²) < 4.78 is 5.90. The third kappa shape index (κ3) is 3.19. The first-order valence-corrected chi connectivity index (χ1v) is 6.81. The van der Waals surface area contributed by atoms with Gasteiger partial charge >= 0.3 is 0 Å². The molecule has 4 nitrogen and oxygen atoms in total. The van der Waals surface area contributed by atoms with Gasteiger partial charge in [0, 0.05) is 25.8 Å². The van der Waals surface area contributed by atoms with Crippen LogP contribution in [-0.4, -0.2) is 45.0 Å². The molecule has 1 aliphatic carbocycles. The highest BCUT2D eigenvalue weighted by Crippen LogP contribution is 2.39. The highest BCUT2D eigenvalue weighted by atomic mass is 16.5. The van der Waals surface area contributed by atoms with Gasteiger partial charge in [-0.25, -0.2) is 0 Å². The Balaban J connectivity index is 2.02. The Labute approximate surface area is 115 Å². The zero-order chi connectivity index (χ0) is 13.9. The molecule has 0 amide bonds. The van der Waals surface area contributed by atoms with E-state index in [1.807, 2.05) is 50.3 Å². The highest BCUT2D eigenvalue weighted by molar-refractivity contribution is 5.49. The van der Waals surface area contributed by atoms with Crippen molar-refractivity contribution in [3.05, 3.63) is 24.3 Å². The number of nitrogens with zero attached hydrogens (tertiary/aromatic N) is 1. The van der Waals surface area contributed by atoms with Gasteiger partial charge in [-0.1, -0.05) is 6.07 Å². The second-order valence-electron chi connectivity index (χ2n) is 5.52. The van der Waals surface area contributed by atoms with Crippen molar-refractivity contribution in [3.63, 3.8) is 0 Å². The monoisotopic (exact) mass is 264 g/mol. The molecule has 0 bridgehead atoms. The maximum Gasteiger partial charge on any atom is 0.121 e. The lowest BCUT2D eigenvalue weighted by atomic mass is 9.95. The van der Waals surface area contributed by atoms with Crippen molar-refractivity contribution in [3.8, 4) is 5.75 Å². The Hall–Kier alpha value is -1.26. The summed E-state index contributed by atoms with van der Waals surface area (Å²) in [7, 11) is 5.91. The van der Waals surface area contributed by atoms with Crippen molar-refractivity contribution in [2.45, 2.75) is 18.4 Å². The van der Waals surface area contributed by atoms with E-state index >= 15 is 0 Å². The molecule has 2 rings (SSSR count). The van der Waals surface area contributed by atoms with Crippen LogP contribution in [0.15, 0.2) is 24.3 Å². The van der Waals surface area contributed by atoms with Gasteiger partial charge in [-0.15, -0.1) is 0 Å². The van der Waals surface area contributed by atoms with Crippen LogP contribution in [0.5, 0.6) is 5.75 Å². The molecule has 0 saturated heterocycles. The minimum absolute atomic E-state index is 0.113. The summed E-state index contributed by atoms with van der Waals surface area (Å²) in [4.78, 5) is 2.05. The molecule has 4 heteroatoms. The number of anilines is 1. The first-order valence-electron chi connectivity index (χ1n) is 6.81. The van der Waals surface area contributed by atoms with Crippen molar-refractivity contribution in [1.29, 1.82) is 0 Å². The maximum atomic E-state index is 9.66.